The third-order valence-electron chi connectivity index (χ3n) is 5.25. The number of nitro groups is 1. The fraction of sp³-hybridized carbons (Fsp3) is 0.273. The summed E-state index contributed by atoms with van der Waals surface area (Å²) in [5, 5.41) is 16.3. The molecule has 0 fully saturated rings. The Kier molecular flexibility index (Phi) is 5.85. The van der Waals surface area contributed by atoms with Crippen molar-refractivity contribution in [3.63, 3.8) is 0 Å². The second-order valence-corrected chi connectivity index (χ2v) is 7.99. The number of fused-ring (bicyclic) bond motifs is 1. The van der Waals surface area contributed by atoms with Crippen LogP contribution in [0.5, 0.6) is 5.75 Å². The van der Waals surface area contributed by atoms with Gasteiger partial charge in [-0.25, -0.2) is 4.99 Å². The highest BCUT2D eigenvalue weighted by molar-refractivity contribution is 7.07. The number of benzene rings is 2. The Bertz CT molecular complexity index is 1210. The number of para-hydroxylation sites is 2. The first-order valence-electron chi connectivity index (χ1n) is 10.1. The van der Waals surface area contributed by atoms with Gasteiger partial charge in [-0.05, 0) is 37.1 Å². The molecule has 0 spiro atoms. The summed E-state index contributed by atoms with van der Waals surface area (Å²) in [4.78, 5) is 28.1. The molecule has 2 heterocycles. The quantitative estimate of drug-likeness (QED) is 0.430. The zero-order valence-corrected chi connectivity index (χ0v) is 18.0. The van der Waals surface area contributed by atoms with Crippen molar-refractivity contribution in [3.8, 4) is 17.0 Å². The summed E-state index contributed by atoms with van der Waals surface area (Å²) in [7, 11) is 0. The van der Waals surface area contributed by atoms with Crippen LogP contribution < -0.4 is 14.9 Å². The van der Waals surface area contributed by atoms with E-state index in [0.29, 0.717) is 21.9 Å². The summed E-state index contributed by atoms with van der Waals surface area (Å²) in [6, 6.07) is 12.3. The molecule has 0 saturated heterocycles. The lowest BCUT2D eigenvalue weighted by molar-refractivity contribution is -0.384. The summed E-state index contributed by atoms with van der Waals surface area (Å²) >= 11 is 1.44. The molecule has 31 heavy (non-hydrogen) atoms. The summed E-state index contributed by atoms with van der Waals surface area (Å²) in [5.41, 5.74) is 2.79. The van der Waals surface area contributed by atoms with Crippen molar-refractivity contribution in [3.05, 3.63) is 62.8 Å². The average Bonchev–Trinajstić information content (AvgIpc) is 3.17. The Labute approximate surface area is 183 Å². The normalized spacial score (nSPS) is 13.6. The van der Waals surface area contributed by atoms with Gasteiger partial charge in [-0.15, -0.1) is 11.3 Å². The molecule has 1 N–H and O–H groups in total. The monoisotopic (exact) mass is 438 g/mol. The van der Waals surface area contributed by atoms with Crippen molar-refractivity contribution in [2.24, 2.45) is 4.99 Å². The molecule has 0 unspecified atom stereocenters. The minimum atomic E-state index is -0.416. The van der Waals surface area contributed by atoms with Gasteiger partial charge in [-0.1, -0.05) is 26.0 Å². The fourth-order valence-corrected chi connectivity index (χ4v) is 4.66. The van der Waals surface area contributed by atoms with Gasteiger partial charge in [0.2, 0.25) is 0 Å². The molecule has 0 bridgehead atoms. The van der Waals surface area contributed by atoms with Gasteiger partial charge in [0.25, 0.3) is 11.6 Å². The lowest BCUT2D eigenvalue weighted by Gasteiger charge is -2.21. The van der Waals surface area contributed by atoms with Crippen LogP contribution in [-0.2, 0) is 4.79 Å². The van der Waals surface area contributed by atoms with E-state index >= 15 is 0 Å². The van der Waals surface area contributed by atoms with Gasteiger partial charge in [0, 0.05) is 23.1 Å². The highest BCUT2D eigenvalue weighted by Crippen LogP contribution is 2.35. The Morgan fingerprint density at radius 2 is 2.03 bits per heavy atom. The number of amides is 1. The van der Waals surface area contributed by atoms with E-state index in [1.165, 1.54) is 17.4 Å². The number of nitrogens with zero attached hydrogens (tertiary/aromatic N) is 3. The molecular formula is C22H22N4O4S. The molecule has 8 nitrogen and oxygen atoms in total. The third kappa shape index (κ3) is 4.09. The molecular weight excluding hydrogens is 416 g/mol. The van der Waals surface area contributed by atoms with Crippen LogP contribution in [0.15, 0.2) is 52.8 Å². The summed E-state index contributed by atoms with van der Waals surface area (Å²) in [6.07, 6.45) is 1.77. The predicted octanol–water partition coefficient (Wildman–Crippen LogP) is 5.05. The van der Waals surface area contributed by atoms with Crippen molar-refractivity contribution < 1.29 is 14.5 Å². The molecule has 3 aromatic rings. The Balaban J connectivity index is 1.88. The maximum absolute atomic E-state index is 11.7. The number of hydrogen-bond acceptors (Lipinski definition) is 6. The minimum absolute atomic E-state index is 0.0113. The average molecular weight is 439 g/mol. The Morgan fingerprint density at radius 3 is 2.77 bits per heavy atom. The van der Waals surface area contributed by atoms with Gasteiger partial charge in [-0.3, -0.25) is 14.9 Å². The van der Waals surface area contributed by atoms with Crippen LogP contribution in [0.4, 0.5) is 17.1 Å². The topological polar surface area (TPSA) is 98.8 Å². The highest BCUT2D eigenvalue weighted by atomic mass is 32.1. The number of nitrogens with one attached hydrogen (secondary N) is 1. The van der Waals surface area contributed by atoms with E-state index in [-0.39, 0.29) is 24.2 Å². The first-order valence-corrected chi connectivity index (χ1v) is 10.9. The summed E-state index contributed by atoms with van der Waals surface area (Å²) in [5.74, 6) is 0.451. The summed E-state index contributed by atoms with van der Waals surface area (Å²) in [6.45, 7) is 4.23. The maximum Gasteiger partial charge on any atom is 0.294 e. The lowest BCUT2D eigenvalue weighted by Crippen LogP contribution is -2.25. The van der Waals surface area contributed by atoms with Crippen molar-refractivity contribution in [2.75, 3.05) is 11.9 Å². The van der Waals surface area contributed by atoms with Crippen molar-refractivity contribution in [2.45, 2.75) is 32.7 Å². The number of carbonyl (C=O) groups is 1. The van der Waals surface area contributed by atoms with Crippen LogP contribution in [0.3, 0.4) is 0 Å². The third-order valence-corrected chi connectivity index (χ3v) is 6.09. The molecule has 1 aliphatic heterocycles. The number of aromatic nitrogens is 1. The molecule has 1 aliphatic rings. The predicted molar refractivity (Wildman–Crippen MR) is 120 cm³/mol. The first-order chi connectivity index (χ1) is 15.0. The number of anilines is 1. The number of nitro benzene ring substituents is 1. The lowest BCUT2D eigenvalue weighted by atomic mass is 10.1. The molecule has 0 radical (unpaired) electrons. The summed E-state index contributed by atoms with van der Waals surface area (Å²) < 4.78 is 7.60. The fourth-order valence-electron chi connectivity index (χ4n) is 3.68. The molecule has 0 saturated carbocycles. The Morgan fingerprint density at radius 1 is 1.26 bits per heavy atom. The SMILES string of the molecule is CCC(CC)n1c(-c2ccc3c(c2)NC(=O)CO3)csc1=Nc1ccccc1[N+](=O)[O-]. The van der Waals surface area contributed by atoms with Gasteiger partial charge in [-0.2, -0.15) is 0 Å². The molecule has 0 aliphatic carbocycles. The van der Waals surface area contributed by atoms with Gasteiger partial charge >= 0.3 is 0 Å². The van der Waals surface area contributed by atoms with Crippen LogP contribution in [0.25, 0.3) is 11.3 Å². The number of thiazole rings is 1. The van der Waals surface area contributed by atoms with Gasteiger partial charge in [0.15, 0.2) is 11.4 Å². The van der Waals surface area contributed by atoms with E-state index in [2.05, 4.69) is 28.7 Å². The number of rotatable bonds is 6. The minimum Gasteiger partial charge on any atom is -0.482 e. The van der Waals surface area contributed by atoms with E-state index < -0.39 is 4.92 Å². The molecule has 0 atom stereocenters. The molecule has 1 aromatic heterocycles. The smallest absolute Gasteiger partial charge is 0.294 e. The molecule has 160 valence electrons. The second kappa shape index (κ2) is 8.73. The van der Waals surface area contributed by atoms with Crippen LogP contribution in [0.2, 0.25) is 0 Å². The van der Waals surface area contributed by atoms with E-state index in [0.717, 1.165) is 24.1 Å². The maximum atomic E-state index is 11.7. The van der Waals surface area contributed by atoms with E-state index in [1.54, 1.807) is 18.2 Å². The molecule has 4 rings (SSSR count). The first kappa shape index (κ1) is 20.8. The van der Waals surface area contributed by atoms with E-state index in [9.17, 15) is 14.9 Å². The van der Waals surface area contributed by atoms with Crippen LogP contribution in [0.1, 0.15) is 32.7 Å². The standard InChI is InChI=1S/C22H22N4O4S/c1-3-15(4-2)25-19(14-9-10-20-17(11-14)23-21(27)12-30-20)13-31-22(25)24-16-7-5-6-8-18(16)26(28)29/h5-11,13,15H,3-4,12H2,1-2H3,(H,23,27). The zero-order valence-electron chi connectivity index (χ0n) is 17.2. The number of ether oxygens (including phenoxy) is 1. The van der Waals surface area contributed by atoms with E-state index in [1.807, 2.05) is 23.6 Å². The largest absolute Gasteiger partial charge is 0.482 e. The van der Waals surface area contributed by atoms with E-state index in [4.69, 9.17) is 4.74 Å². The molecule has 2 aromatic carbocycles. The van der Waals surface area contributed by atoms with Crippen LogP contribution in [-0.4, -0.2) is 22.0 Å². The van der Waals surface area contributed by atoms with Gasteiger partial charge < -0.3 is 14.6 Å². The van der Waals surface area contributed by atoms with Crippen molar-refractivity contribution >= 4 is 34.3 Å². The van der Waals surface area contributed by atoms with Gasteiger partial charge in [0.05, 0.1) is 16.3 Å². The number of carbonyl (C=O) groups excluding carboxylic acids is 1. The van der Waals surface area contributed by atoms with Gasteiger partial charge in [0.1, 0.15) is 11.4 Å². The highest BCUT2D eigenvalue weighted by Gasteiger charge is 2.20. The zero-order chi connectivity index (χ0) is 22.0. The number of hydrogen-bond donors (Lipinski definition) is 1. The van der Waals surface area contributed by atoms with Crippen LogP contribution >= 0.6 is 11.3 Å². The molecule has 1 amide bonds. The van der Waals surface area contributed by atoms with Crippen LogP contribution in [0, 0.1) is 10.1 Å². The van der Waals surface area contributed by atoms with Crippen molar-refractivity contribution in [1.29, 1.82) is 0 Å². The van der Waals surface area contributed by atoms with Crippen molar-refractivity contribution in [1.82, 2.24) is 4.57 Å². The molecule has 9 heteroatoms. The Hall–Kier alpha value is -3.46. The second-order valence-electron chi connectivity index (χ2n) is 7.15.